The molecule has 0 saturated heterocycles. The van der Waals surface area contributed by atoms with Crippen molar-refractivity contribution in [2.75, 3.05) is 5.32 Å². The molecule has 0 aliphatic carbocycles. The van der Waals surface area contributed by atoms with E-state index in [1.165, 1.54) is 49.8 Å². The van der Waals surface area contributed by atoms with Gasteiger partial charge in [-0.1, -0.05) is 91.8 Å². The zero-order chi connectivity index (χ0) is 52.2. The van der Waals surface area contributed by atoms with Crippen LogP contribution >= 0.6 is 0 Å². The van der Waals surface area contributed by atoms with Crippen molar-refractivity contribution in [3.05, 3.63) is 199 Å². The number of hydrogen-bond acceptors (Lipinski definition) is 2. The van der Waals surface area contributed by atoms with Crippen molar-refractivity contribution < 1.29 is 8.63 Å². The first-order valence-corrected chi connectivity index (χ1v) is 27.3. The lowest BCUT2D eigenvalue weighted by atomic mass is 9.75. The Bertz CT molecular complexity index is 3100. The minimum Gasteiger partial charge on any atom is -0.381 e. The normalized spacial score (nSPS) is 17.3. The number of benzene rings is 2. The van der Waals surface area contributed by atoms with Crippen molar-refractivity contribution in [3.63, 3.8) is 0 Å². The summed E-state index contributed by atoms with van der Waals surface area (Å²) in [5, 5.41) is 3.70. The summed E-state index contributed by atoms with van der Waals surface area (Å²) < 4.78 is 31.3. The van der Waals surface area contributed by atoms with E-state index < -0.39 is 12.8 Å². The predicted molar refractivity (Wildman–Crippen MR) is 302 cm³/mol. The fourth-order valence-corrected chi connectivity index (χ4v) is 13.5. The zero-order valence-corrected chi connectivity index (χ0v) is 45.8. The number of aliphatic imine (C=N–C) groups is 1. The van der Waals surface area contributed by atoms with Gasteiger partial charge < -0.3 is 29.7 Å². The molecule has 382 valence electrons. The van der Waals surface area contributed by atoms with Crippen LogP contribution in [0.4, 0.5) is 14.3 Å². The minimum absolute atomic E-state index is 0.173. The van der Waals surface area contributed by atoms with Gasteiger partial charge in [0.05, 0.1) is 11.1 Å². The Morgan fingerprint density at radius 2 is 0.986 bits per heavy atom. The Kier molecular flexibility index (Phi) is 14.0. The molecule has 5 aromatic heterocycles. The highest BCUT2D eigenvalue weighted by Crippen LogP contribution is 2.48. The highest BCUT2D eigenvalue weighted by molar-refractivity contribution is 6.41. The average molecular weight is 982 g/mol. The summed E-state index contributed by atoms with van der Waals surface area (Å²) in [6, 6.07) is 36.0. The van der Waals surface area contributed by atoms with Crippen molar-refractivity contribution in [2.45, 2.75) is 170 Å². The lowest BCUT2D eigenvalue weighted by molar-refractivity contribution is 0.424. The summed E-state index contributed by atoms with van der Waals surface area (Å²) in [7, 11) is -2.68. The Hall–Kier alpha value is -6.29. The molecule has 73 heavy (non-hydrogen) atoms. The Labute approximate surface area is 434 Å². The van der Waals surface area contributed by atoms with Crippen LogP contribution < -0.4 is 5.32 Å². The monoisotopic (exact) mass is 982 g/mol. The Balaban J connectivity index is 1.08. The molecule has 0 spiro atoms. The van der Waals surface area contributed by atoms with Crippen LogP contribution in [0.5, 0.6) is 0 Å². The number of fused-ring (bicyclic) bond motifs is 8. The molecule has 2 aromatic carbocycles. The molecule has 0 atom stereocenters. The van der Waals surface area contributed by atoms with Crippen LogP contribution in [0, 0.1) is 13.8 Å². The van der Waals surface area contributed by atoms with E-state index in [0.717, 1.165) is 107 Å². The molecule has 0 radical (unpaired) electrons. The van der Waals surface area contributed by atoms with Crippen LogP contribution in [0.3, 0.4) is 0 Å². The number of halogens is 2. The van der Waals surface area contributed by atoms with Gasteiger partial charge >= 0.3 is 7.40 Å². The van der Waals surface area contributed by atoms with E-state index in [2.05, 4.69) is 185 Å². The lowest BCUT2D eigenvalue weighted by Crippen LogP contribution is -2.32. The van der Waals surface area contributed by atoms with Gasteiger partial charge in [0.25, 0.3) is 0 Å². The number of aromatic amines is 4. The minimum atomic E-state index is -2.68. The fourth-order valence-electron chi connectivity index (χ4n) is 13.5. The largest absolute Gasteiger partial charge is 0.677 e. The summed E-state index contributed by atoms with van der Waals surface area (Å²) in [4.78, 5) is 21.4. The summed E-state index contributed by atoms with van der Waals surface area (Å²) in [5.74, 6) is 0. The maximum Gasteiger partial charge on any atom is 0.677 e. The molecule has 0 unspecified atom stereocenters. The molecular weight excluding hydrogens is 904 g/mol. The quantitative estimate of drug-likeness (QED) is 0.0651. The Morgan fingerprint density at radius 1 is 0.562 bits per heavy atom. The van der Waals surface area contributed by atoms with Crippen LogP contribution in [0.15, 0.2) is 119 Å². The van der Waals surface area contributed by atoms with Gasteiger partial charge in [-0.15, -0.1) is 0 Å². The van der Waals surface area contributed by atoms with E-state index in [0.29, 0.717) is 24.4 Å². The maximum atomic E-state index is 15.1. The smallest absolute Gasteiger partial charge is 0.381 e. The third-order valence-electron chi connectivity index (χ3n) is 18.5. The molecule has 10 heteroatoms. The molecule has 2 aliphatic heterocycles. The molecular formula is C63H78BF2N7. The van der Waals surface area contributed by atoms with Gasteiger partial charge in [0.1, 0.15) is 0 Å². The van der Waals surface area contributed by atoms with E-state index in [9.17, 15) is 0 Å². The number of anilines is 1. The third kappa shape index (κ3) is 7.99. The van der Waals surface area contributed by atoms with E-state index >= 15 is 8.63 Å². The highest BCUT2D eigenvalue weighted by atomic mass is 19.2. The number of allylic oxidation sites excluding steroid dienone is 2. The van der Waals surface area contributed by atoms with Gasteiger partial charge in [-0.2, -0.15) is 0 Å². The molecule has 0 amide bonds. The second kappa shape index (κ2) is 19.9. The van der Waals surface area contributed by atoms with E-state index in [4.69, 9.17) is 4.99 Å². The molecule has 7 heterocycles. The zero-order valence-electron chi connectivity index (χ0n) is 45.8. The predicted octanol–water partition coefficient (Wildman–Crippen LogP) is 16.3. The summed E-state index contributed by atoms with van der Waals surface area (Å²) in [6.45, 7) is 28.9. The first-order chi connectivity index (χ1) is 35.1. The lowest BCUT2D eigenvalue weighted by Gasteiger charge is -2.35. The van der Waals surface area contributed by atoms with Crippen LogP contribution in [0.2, 0.25) is 0 Å². The molecule has 0 saturated carbocycles. The standard InChI is InChI=1S/C63H78BF2N7/c1-14-47-39(9)58(68-41(47)11)57(59-40(10)48(15-2)42(12)73(59)64(65)66)44-24-22-43(23-25-44)38-67-46-28-26-45(27-29-46)60(13)49-30-32-51(69-49)61(16-3,17-4)53-34-36-55(71-53)63(20-7,21-8)56-37-35-54(72-56)62(18-5,19-6)52-33-31-50(60)70-52/h22-37,67,69-72H,14-21,38H2,1-13H3/b58-57-. The molecule has 2 aliphatic rings. The fraction of sp³-hybridized carbons (Fsp3) is 0.413. The van der Waals surface area contributed by atoms with E-state index in [1.54, 1.807) is 0 Å². The number of H-pyrrole nitrogens is 4. The second-order valence-corrected chi connectivity index (χ2v) is 21.2. The van der Waals surface area contributed by atoms with Gasteiger partial charge in [-0.3, -0.25) is 13.6 Å². The van der Waals surface area contributed by atoms with Crippen molar-refractivity contribution in [3.8, 4) is 0 Å². The topological polar surface area (TPSA) is 92.5 Å². The van der Waals surface area contributed by atoms with Gasteiger partial charge in [0.2, 0.25) is 0 Å². The number of nitrogens with one attached hydrogen (secondary N) is 5. The van der Waals surface area contributed by atoms with Crippen LogP contribution in [-0.2, 0) is 34.6 Å². The molecule has 7 aromatic rings. The number of nitrogens with zero attached hydrogens (tertiary/aromatic N) is 2. The first kappa shape index (κ1) is 51.6. The van der Waals surface area contributed by atoms with E-state index in [1.807, 2.05) is 27.7 Å². The third-order valence-corrected chi connectivity index (χ3v) is 18.5. The molecule has 8 bridgehead atoms. The molecule has 0 fully saturated rings. The highest BCUT2D eigenvalue weighted by Gasteiger charge is 2.43. The average Bonchev–Trinajstić information content (AvgIpc) is 4.29. The summed E-state index contributed by atoms with van der Waals surface area (Å²) in [6.07, 6.45) is 7.24. The Morgan fingerprint density at radius 3 is 1.37 bits per heavy atom. The van der Waals surface area contributed by atoms with Crippen molar-refractivity contribution in [1.82, 2.24) is 24.4 Å². The molecule has 5 N–H and O–H groups in total. The van der Waals surface area contributed by atoms with Crippen molar-refractivity contribution >= 4 is 24.4 Å². The maximum absolute atomic E-state index is 15.1. The van der Waals surface area contributed by atoms with Gasteiger partial charge in [0.15, 0.2) is 0 Å². The van der Waals surface area contributed by atoms with Gasteiger partial charge in [-0.05, 0) is 186 Å². The van der Waals surface area contributed by atoms with Crippen LogP contribution in [-0.4, -0.2) is 37.5 Å². The van der Waals surface area contributed by atoms with Crippen LogP contribution in [0.1, 0.15) is 206 Å². The first-order valence-electron chi connectivity index (χ1n) is 27.3. The summed E-state index contributed by atoms with van der Waals surface area (Å²) >= 11 is 0. The molecule has 7 nitrogen and oxygen atoms in total. The summed E-state index contributed by atoms with van der Waals surface area (Å²) in [5.41, 5.74) is 20.4. The number of aromatic nitrogens is 5. The number of hydrogen-bond donors (Lipinski definition) is 5. The van der Waals surface area contributed by atoms with E-state index in [-0.39, 0.29) is 16.2 Å². The number of rotatable bonds is 15. The van der Waals surface area contributed by atoms with Gasteiger partial charge in [-0.25, -0.2) is 0 Å². The SMILES string of the molecule is CCC1=C(C)/C(=C(\c2ccc(CNc3ccc(C4(C)c5ccc([nH]5)C(CC)(CC)c5ccc([nH]5)C(CC)(CC)c5ccc([nH]5)C(CC)(CC)c5ccc4[nH]5)cc3)cc2)c2c(C)c(CC)c(C)n2B(F)F)N=C1C. The van der Waals surface area contributed by atoms with Crippen LogP contribution in [0.25, 0.3) is 5.57 Å². The van der Waals surface area contributed by atoms with Gasteiger partial charge in [0, 0.05) is 96.7 Å². The van der Waals surface area contributed by atoms with Crippen molar-refractivity contribution in [2.24, 2.45) is 4.99 Å². The van der Waals surface area contributed by atoms with Crippen molar-refractivity contribution in [1.29, 1.82) is 0 Å². The molecule has 9 rings (SSSR count). The second-order valence-electron chi connectivity index (χ2n) is 21.2.